The molecule has 3 heterocycles. The summed E-state index contributed by atoms with van der Waals surface area (Å²) in [6.07, 6.45) is 3.73. The number of carbonyl (C=O) groups excluding carboxylic acids is 2. The molecule has 0 aliphatic carbocycles. The normalized spacial score (nSPS) is 24.3. The molecular formula is C27H36BFN4O6. The third-order valence-corrected chi connectivity index (χ3v) is 8.16. The van der Waals surface area contributed by atoms with Gasteiger partial charge in [-0.2, -0.15) is 5.26 Å². The van der Waals surface area contributed by atoms with Gasteiger partial charge in [-0.05, 0) is 69.7 Å². The molecule has 3 aliphatic rings. The summed E-state index contributed by atoms with van der Waals surface area (Å²) in [7, 11) is -1.86. The van der Waals surface area contributed by atoms with Crippen molar-refractivity contribution in [3.05, 3.63) is 47.3 Å². The molecule has 0 radical (unpaired) electrons. The first-order valence-corrected chi connectivity index (χ1v) is 13.4. The molecule has 0 spiro atoms. The maximum absolute atomic E-state index is 13.7. The number of rotatable bonds is 9. The maximum atomic E-state index is 13.7. The Morgan fingerprint density at radius 1 is 1.28 bits per heavy atom. The van der Waals surface area contributed by atoms with Crippen molar-refractivity contribution in [2.24, 2.45) is 0 Å². The number of nitriles is 1. The molecule has 0 aromatic heterocycles. The minimum absolute atomic E-state index is 0.0297. The summed E-state index contributed by atoms with van der Waals surface area (Å²) in [5.74, 6) is -1.85. The van der Waals surface area contributed by atoms with Crippen LogP contribution in [0.15, 0.2) is 35.9 Å². The van der Waals surface area contributed by atoms with Gasteiger partial charge in [-0.1, -0.05) is 12.1 Å². The fourth-order valence-electron chi connectivity index (χ4n) is 5.98. The average Bonchev–Trinajstić information content (AvgIpc) is 3.47. The van der Waals surface area contributed by atoms with Crippen LogP contribution in [0.4, 0.5) is 9.18 Å². The van der Waals surface area contributed by atoms with Gasteiger partial charge in [0.1, 0.15) is 24.1 Å². The number of ether oxygens (including phenoxy) is 2. The number of halogens is 1. The third-order valence-electron chi connectivity index (χ3n) is 8.16. The monoisotopic (exact) mass is 542 g/mol. The predicted molar refractivity (Wildman–Crippen MR) is 141 cm³/mol. The highest BCUT2D eigenvalue weighted by atomic mass is 19.1. The van der Waals surface area contributed by atoms with Crippen LogP contribution in [-0.2, 0) is 20.7 Å². The van der Waals surface area contributed by atoms with E-state index in [2.05, 4.69) is 16.3 Å². The second-order valence-electron chi connectivity index (χ2n) is 11.1. The highest BCUT2D eigenvalue weighted by molar-refractivity contribution is 6.43. The van der Waals surface area contributed by atoms with Crippen molar-refractivity contribution in [3.63, 3.8) is 0 Å². The van der Waals surface area contributed by atoms with Crippen LogP contribution < -0.4 is 5.32 Å². The molecule has 0 unspecified atom stereocenters. The van der Waals surface area contributed by atoms with E-state index in [1.54, 1.807) is 11.0 Å². The molecule has 1 aromatic carbocycles. The standard InChI is InChI=1S/C27H36BFN4O6/c1-26(2,32-11-13-38-14-12-32)16-20(17-30)24(34)33-22-7-9-27(33,10-8-22)18-39-25(35)31-23(28(36)37)15-19-3-5-21(29)6-4-19/h3-6,16,22-23,36-37H,7-15,18H2,1-2H3,(H,31,35)/t22?,23-,27?/m0/s1. The van der Waals surface area contributed by atoms with Crippen molar-refractivity contribution in [2.75, 3.05) is 32.9 Å². The van der Waals surface area contributed by atoms with E-state index in [0.29, 0.717) is 44.7 Å². The van der Waals surface area contributed by atoms with Crippen molar-refractivity contribution >= 4 is 19.1 Å². The Balaban J connectivity index is 1.42. The largest absolute Gasteiger partial charge is 0.475 e. The molecule has 3 N–H and O–H groups in total. The molecule has 2 bridgehead atoms. The van der Waals surface area contributed by atoms with Gasteiger partial charge in [-0.25, -0.2) is 9.18 Å². The molecule has 1 aromatic rings. The number of fused-ring (bicyclic) bond motifs is 2. The second kappa shape index (κ2) is 12.0. The molecular weight excluding hydrogens is 506 g/mol. The van der Waals surface area contributed by atoms with E-state index in [0.717, 1.165) is 12.8 Å². The van der Waals surface area contributed by atoms with Crippen molar-refractivity contribution < 1.29 is 33.5 Å². The van der Waals surface area contributed by atoms with E-state index >= 15 is 0 Å². The smallest absolute Gasteiger partial charge is 0.447 e. The van der Waals surface area contributed by atoms with Crippen LogP contribution in [0, 0.1) is 17.1 Å². The fourth-order valence-corrected chi connectivity index (χ4v) is 5.98. The Morgan fingerprint density at radius 3 is 2.51 bits per heavy atom. The number of hydrogen-bond acceptors (Lipinski definition) is 8. The molecule has 0 saturated carbocycles. The van der Waals surface area contributed by atoms with Crippen molar-refractivity contribution in [2.45, 2.75) is 69.0 Å². The Kier molecular flexibility index (Phi) is 8.96. The topological polar surface area (TPSA) is 135 Å². The molecule has 1 atom stereocenters. The van der Waals surface area contributed by atoms with Crippen molar-refractivity contribution in [3.8, 4) is 6.07 Å². The first-order chi connectivity index (χ1) is 18.5. The highest BCUT2D eigenvalue weighted by Crippen LogP contribution is 2.47. The molecule has 3 saturated heterocycles. The summed E-state index contributed by atoms with van der Waals surface area (Å²) in [5.41, 5.74) is -0.563. The summed E-state index contributed by atoms with van der Waals surface area (Å²) in [5, 5.41) is 31.9. The molecule has 2 amide bonds. The van der Waals surface area contributed by atoms with Crippen LogP contribution >= 0.6 is 0 Å². The lowest BCUT2D eigenvalue weighted by molar-refractivity contribution is -0.132. The van der Waals surface area contributed by atoms with E-state index in [-0.39, 0.29) is 30.5 Å². The molecule has 10 nitrogen and oxygen atoms in total. The van der Waals surface area contributed by atoms with E-state index < -0.39 is 36.0 Å². The fraction of sp³-hybridized carbons (Fsp3) is 0.593. The molecule has 4 rings (SSSR count). The van der Waals surface area contributed by atoms with Gasteiger partial charge in [0.25, 0.3) is 5.91 Å². The van der Waals surface area contributed by atoms with Crippen LogP contribution in [0.1, 0.15) is 45.1 Å². The number of alkyl carbamates (subject to hydrolysis) is 1. The summed E-state index contributed by atoms with van der Waals surface area (Å²) < 4.78 is 24.2. The van der Waals surface area contributed by atoms with Crippen molar-refractivity contribution in [1.29, 1.82) is 5.26 Å². The SMILES string of the molecule is CC(C)(C=C(C#N)C(=O)N1C2CCC1(COC(=O)N[C@@H](Cc1ccc(F)cc1)B(O)O)CC2)N1CCOCC1. The number of amides is 2. The minimum atomic E-state index is -1.86. The Bertz CT molecular complexity index is 1110. The third kappa shape index (κ3) is 6.61. The minimum Gasteiger partial charge on any atom is -0.447 e. The summed E-state index contributed by atoms with van der Waals surface area (Å²) in [6.45, 7) is 6.49. The van der Waals surface area contributed by atoms with Crippen molar-refractivity contribution in [1.82, 2.24) is 15.1 Å². The van der Waals surface area contributed by atoms with Gasteiger partial charge in [-0.15, -0.1) is 0 Å². The second-order valence-corrected chi connectivity index (χ2v) is 11.1. The first-order valence-electron chi connectivity index (χ1n) is 13.4. The average molecular weight is 542 g/mol. The summed E-state index contributed by atoms with van der Waals surface area (Å²) in [4.78, 5) is 30.3. The molecule has 3 aliphatic heterocycles. The lowest BCUT2D eigenvalue weighted by Crippen LogP contribution is -2.52. The Labute approximate surface area is 228 Å². The van der Waals surface area contributed by atoms with Crippen LogP contribution in [0.25, 0.3) is 0 Å². The number of nitrogens with zero attached hydrogens (tertiary/aromatic N) is 3. The summed E-state index contributed by atoms with van der Waals surface area (Å²) in [6, 6.07) is 7.57. The Morgan fingerprint density at radius 2 is 1.92 bits per heavy atom. The van der Waals surface area contributed by atoms with Gasteiger partial charge >= 0.3 is 13.2 Å². The molecule has 210 valence electrons. The number of hydrogen-bond donors (Lipinski definition) is 3. The summed E-state index contributed by atoms with van der Waals surface area (Å²) >= 11 is 0. The van der Waals surface area contributed by atoms with E-state index in [1.807, 2.05) is 13.8 Å². The lowest BCUT2D eigenvalue weighted by Gasteiger charge is -2.39. The van der Waals surface area contributed by atoms with Crippen LogP contribution in [-0.4, -0.2) is 94.9 Å². The molecule has 3 fully saturated rings. The molecule has 39 heavy (non-hydrogen) atoms. The predicted octanol–water partition coefficient (Wildman–Crippen LogP) is 1.56. The maximum Gasteiger partial charge on any atom is 0.475 e. The van der Waals surface area contributed by atoms with Crippen LogP contribution in [0.5, 0.6) is 0 Å². The zero-order valence-electron chi connectivity index (χ0n) is 22.4. The Hall–Kier alpha value is -2.98. The van der Waals surface area contributed by atoms with Gasteiger partial charge in [0, 0.05) is 24.7 Å². The van der Waals surface area contributed by atoms with Gasteiger partial charge in [0.15, 0.2) is 0 Å². The van der Waals surface area contributed by atoms with Gasteiger partial charge in [0.2, 0.25) is 0 Å². The highest BCUT2D eigenvalue weighted by Gasteiger charge is 2.55. The van der Waals surface area contributed by atoms with Gasteiger partial charge in [-0.3, -0.25) is 9.69 Å². The van der Waals surface area contributed by atoms with Crippen LogP contribution in [0.3, 0.4) is 0 Å². The number of carbonyl (C=O) groups is 2. The number of benzene rings is 1. The first kappa shape index (κ1) is 29.0. The quantitative estimate of drug-likeness (QED) is 0.243. The van der Waals surface area contributed by atoms with E-state index in [4.69, 9.17) is 9.47 Å². The van der Waals surface area contributed by atoms with Crippen LogP contribution in [0.2, 0.25) is 0 Å². The zero-order chi connectivity index (χ0) is 28.2. The van der Waals surface area contributed by atoms with E-state index in [9.17, 15) is 29.3 Å². The van der Waals surface area contributed by atoms with Gasteiger partial charge in [0.05, 0.1) is 24.7 Å². The zero-order valence-corrected chi connectivity index (χ0v) is 22.4. The number of nitrogens with one attached hydrogen (secondary N) is 1. The number of morpholine rings is 1. The lowest BCUT2D eigenvalue weighted by atomic mass is 9.76. The van der Waals surface area contributed by atoms with Gasteiger partial charge < -0.3 is 29.7 Å². The van der Waals surface area contributed by atoms with E-state index in [1.165, 1.54) is 24.3 Å². The molecule has 12 heteroatoms.